The molecule has 3 aromatic heterocycles. The molecule has 11 heteroatoms. The van der Waals surface area contributed by atoms with Crippen molar-refractivity contribution in [2.45, 2.75) is 12.6 Å². The Kier molecular flexibility index (Phi) is 5.85. The van der Waals surface area contributed by atoms with E-state index < -0.39 is 18.2 Å². The third kappa shape index (κ3) is 4.27. The molecule has 1 aliphatic rings. The predicted octanol–water partition coefficient (Wildman–Crippen LogP) is 6.46. The number of hydrogen-bond donors (Lipinski definition) is 1. The van der Waals surface area contributed by atoms with Crippen LogP contribution in [0.5, 0.6) is 0 Å². The number of para-hydroxylation sites is 1. The Bertz CT molecular complexity index is 1620. The number of alkyl halides is 5. The van der Waals surface area contributed by atoms with Gasteiger partial charge in [0.25, 0.3) is 6.43 Å². The van der Waals surface area contributed by atoms with Crippen LogP contribution in [0.15, 0.2) is 67.0 Å². The van der Waals surface area contributed by atoms with E-state index in [9.17, 15) is 22.0 Å². The summed E-state index contributed by atoms with van der Waals surface area (Å²) >= 11 is 0. The molecule has 1 saturated heterocycles. The Morgan fingerprint density at radius 2 is 1.50 bits per heavy atom. The summed E-state index contributed by atoms with van der Waals surface area (Å²) in [6, 6.07) is 14.0. The monoisotopic (exact) mass is 524 g/mol. The summed E-state index contributed by atoms with van der Waals surface area (Å²) in [6.07, 6.45) is -4.11. The van der Waals surface area contributed by atoms with Gasteiger partial charge in [0.05, 0.1) is 27.7 Å². The fourth-order valence-electron chi connectivity index (χ4n) is 4.92. The summed E-state index contributed by atoms with van der Waals surface area (Å²) in [4.78, 5) is 20.0. The molecule has 1 N–H and O–H groups in total. The second-order valence-electron chi connectivity index (χ2n) is 9.05. The summed E-state index contributed by atoms with van der Waals surface area (Å²) in [5.74, 6) is 0.663. The molecule has 1 aliphatic heterocycles. The van der Waals surface area contributed by atoms with Crippen LogP contribution in [0.2, 0.25) is 0 Å². The molecule has 1 fully saturated rings. The molecule has 0 unspecified atom stereocenters. The van der Waals surface area contributed by atoms with E-state index in [4.69, 9.17) is 4.98 Å². The summed E-state index contributed by atoms with van der Waals surface area (Å²) in [7, 11) is 0. The van der Waals surface area contributed by atoms with Crippen molar-refractivity contribution in [2.75, 3.05) is 36.0 Å². The lowest BCUT2D eigenvalue weighted by Crippen LogP contribution is -2.47. The smallest absolute Gasteiger partial charge is 0.353 e. The van der Waals surface area contributed by atoms with Gasteiger partial charge in [0.1, 0.15) is 5.82 Å². The lowest BCUT2D eigenvalue weighted by molar-refractivity contribution is -0.137. The maximum Gasteiger partial charge on any atom is 0.416 e. The Morgan fingerprint density at radius 1 is 0.789 bits per heavy atom. The van der Waals surface area contributed by atoms with Gasteiger partial charge >= 0.3 is 6.18 Å². The van der Waals surface area contributed by atoms with E-state index in [2.05, 4.69) is 15.0 Å². The summed E-state index contributed by atoms with van der Waals surface area (Å²) < 4.78 is 68.5. The number of aromatic amines is 1. The van der Waals surface area contributed by atoms with Crippen molar-refractivity contribution in [3.05, 3.63) is 78.1 Å². The number of imidazole rings is 1. The van der Waals surface area contributed by atoms with Gasteiger partial charge in [0.15, 0.2) is 0 Å². The molecule has 6 rings (SSSR count). The van der Waals surface area contributed by atoms with Crippen molar-refractivity contribution >= 4 is 33.7 Å². The van der Waals surface area contributed by atoms with Gasteiger partial charge in [0, 0.05) is 55.1 Å². The van der Waals surface area contributed by atoms with E-state index in [0.29, 0.717) is 54.3 Å². The van der Waals surface area contributed by atoms with Gasteiger partial charge in [-0.05, 0) is 30.3 Å². The third-order valence-corrected chi connectivity index (χ3v) is 6.76. The number of nitrogens with one attached hydrogen (secondary N) is 1. The van der Waals surface area contributed by atoms with Crippen molar-refractivity contribution in [1.29, 1.82) is 0 Å². The lowest BCUT2D eigenvalue weighted by Gasteiger charge is -2.36. The second-order valence-corrected chi connectivity index (χ2v) is 9.05. The Hall–Kier alpha value is -4.28. The molecule has 0 saturated carbocycles. The standard InChI is InChI=1S/C27H21F5N6/c28-24(29)19-7-3-9-34-25(19)37-10-12-38(13-11-37)26-35-21-15-17(27(30,31)32)14-20(23(21)36-26)18-6-1-4-16-5-2-8-33-22(16)18/h1-9,14-15,24H,10-13H2,(H,35,36). The van der Waals surface area contributed by atoms with Crippen LogP contribution in [0.4, 0.5) is 33.7 Å². The number of nitrogens with zero attached hydrogens (tertiary/aromatic N) is 5. The highest BCUT2D eigenvalue weighted by molar-refractivity contribution is 6.02. The van der Waals surface area contributed by atoms with Crippen LogP contribution in [0.3, 0.4) is 0 Å². The number of fused-ring (bicyclic) bond motifs is 2. The highest BCUT2D eigenvalue weighted by atomic mass is 19.4. The number of piperazine rings is 1. The third-order valence-electron chi connectivity index (χ3n) is 6.76. The first-order chi connectivity index (χ1) is 18.3. The number of halogens is 5. The predicted molar refractivity (Wildman–Crippen MR) is 135 cm³/mol. The molecular formula is C27H21F5N6. The van der Waals surface area contributed by atoms with E-state index in [0.717, 1.165) is 17.5 Å². The van der Waals surface area contributed by atoms with Crippen LogP contribution < -0.4 is 9.80 Å². The molecule has 5 aromatic rings. The normalized spacial score (nSPS) is 14.7. The van der Waals surface area contributed by atoms with Gasteiger partial charge in [-0.2, -0.15) is 13.2 Å². The number of anilines is 2. The van der Waals surface area contributed by atoms with E-state index in [1.165, 1.54) is 18.3 Å². The first kappa shape index (κ1) is 24.1. The fraction of sp³-hybridized carbons (Fsp3) is 0.222. The van der Waals surface area contributed by atoms with Crippen molar-refractivity contribution in [3.8, 4) is 11.1 Å². The van der Waals surface area contributed by atoms with Crippen LogP contribution in [-0.2, 0) is 6.18 Å². The van der Waals surface area contributed by atoms with Gasteiger partial charge in [0.2, 0.25) is 5.95 Å². The van der Waals surface area contributed by atoms with Gasteiger partial charge in [-0.1, -0.05) is 24.3 Å². The SMILES string of the molecule is FC(F)c1cccnc1N1CCN(c2nc3c(-c4cccc5cccnc45)cc(C(F)(F)F)cc3[nH]2)CC1. The maximum absolute atomic E-state index is 13.9. The summed E-state index contributed by atoms with van der Waals surface area (Å²) in [6.45, 7) is 1.66. The Labute approximate surface area is 213 Å². The zero-order valence-corrected chi connectivity index (χ0v) is 19.9. The van der Waals surface area contributed by atoms with Crippen LogP contribution in [-0.4, -0.2) is 46.1 Å². The average molecular weight is 524 g/mol. The highest BCUT2D eigenvalue weighted by Gasteiger charge is 2.33. The van der Waals surface area contributed by atoms with Crippen LogP contribution >= 0.6 is 0 Å². The van der Waals surface area contributed by atoms with E-state index in [-0.39, 0.29) is 16.9 Å². The minimum absolute atomic E-state index is 0.127. The van der Waals surface area contributed by atoms with Gasteiger partial charge in [-0.25, -0.2) is 18.7 Å². The maximum atomic E-state index is 13.9. The van der Waals surface area contributed by atoms with Crippen LogP contribution in [0.25, 0.3) is 33.1 Å². The summed E-state index contributed by atoms with van der Waals surface area (Å²) in [5.41, 5.74) is 1.20. The number of H-pyrrole nitrogens is 1. The number of benzene rings is 2. The lowest BCUT2D eigenvalue weighted by atomic mass is 9.98. The topological polar surface area (TPSA) is 60.9 Å². The fourth-order valence-corrected chi connectivity index (χ4v) is 4.92. The first-order valence-electron chi connectivity index (χ1n) is 12.0. The van der Waals surface area contributed by atoms with Crippen LogP contribution in [0.1, 0.15) is 17.6 Å². The number of hydrogen-bond acceptors (Lipinski definition) is 5. The molecule has 0 amide bonds. The molecule has 0 atom stereocenters. The van der Waals surface area contributed by atoms with E-state index >= 15 is 0 Å². The molecule has 0 spiro atoms. The zero-order chi connectivity index (χ0) is 26.4. The van der Waals surface area contributed by atoms with Crippen molar-refractivity contribution in [1.82, 2.24) is 19.9 Å². The Morgan fingerprint density at radius 3 is 2.26 bits per heavy atom. The van der Waals surface area contributed by atoms with E-state index in [1.807, 2.05) is 17.0 Å². The molecule has 0 aliphatic carbocycles. The minimum Gasteiger partial charge on any atom is -0.353 e. The second kappa shape index (κ2) is 9.23. The van der Waals surface area contributed by atoms with Crippen molar-refractivity contribution in [2.24, 2.45) is 0 Å². The average Bonchev–Trinajstić information content (AvgIpc) is 3.36. The number of rotatable bonds is 4. The number of aromatic nitrogens is 4. The van der Waals surface area contributed by atoms with Gasteiger partial charge in [-0.15, -0.1) is 0 Å². The van der Waals surface area contributed by atoms with E-state index in [1.54, 1.807) is 29.3 Å². The molecule has 194 valence electrons. The molecule has 6 nitrogen and oxygen atoms in total. The quantitative estimate of drug-likeness (QED) is 0.274. The minimum atomic E-state index is -4.55. The van der Waals surface area contributed by atoms with Crippen molar-refractivity contribution in [3.63, 3.8) is 0 Å². The zero-order valence-electron chi connectivity index (χ0n) is 19.9. The van der Waals surface area contributed by atoms with Gasteiger partial charge < -0.3 is 14.8 Å². The van der Waals surface area contributed by atoms with Crippen LogP contribution in [0, 0.1) is 0 Å². The number of pyridine rings is 2. The summed E-state index contributed by atoms with van der Waals surface area (Å²) in [5, 5.41) is 0.806. The molecule has 0 bridgehead atoms. The van der Waals surface area contributed by atoms with Crippen molar-refractivity contribution < 1.29 is 22.0 Å². The largest absolute Gasteiger partial charge is 0.416 e. The molecular weight excluding hydrogens is 503 g/mol. The Balaban J connectivity index is 1.38. The molecule has 0 radical (unpaired) electrons. The molecule has 38 heavy (non-hydrogen) atoms. The highest BCUT2D eigenvalue weighted by Crippen LogP contribution is 2.39. The molecule has 2 aromatic carbocycles. The first-order valence-corrected chi connectivity index (χ1v) is 12.0. The molecule has 4 heterocycles. The van der Waals surface area contributed by atoms with Gasteiger partial charge in [-0.3, -0.25) is 4.98 Å².